The predicted octanol–water partition coefficient (Wildman–Crippen LogP) is 2.23. The van der Waals surface area contributed by atoms with Gasteiger partial charge < -0.3 is 0 Å². The highest BCUT2D eigenvalue weighted by molar-refractivity contribution is 7.92. The Balaban J connectivity index is 1.87. The van der Waals surface area contributed by atoms with Crippen LogP contribution in [0.25, 0.3) is 0 Å². The fraction of sp³-hybridized carbons (Fsp3) is 0.647. The molecule has 0 spiro atoms. The highest BCUT2D eigenvalue weighted by Crippen LogP contribution is 2.36. The molecule has 0 aromatic heterocycles. The van der Waals surface area contributed by atoms with Crippen LogP contribution in [-0.4, -0.2) is 44.7 Å². The minimum atomic E-state index is -3.65. The molecule has 3 rings (SSSR count). The van der Waals surface area contributed by atoms with Crippen molar-refractivity contribution >= 4 is 19.9 Å². The first-order valence-electron chi connectivity index (χ1n) is 8.52. The van der Waals surface area contributed by atoms with E-state index >= 15 is 0 Å². The minimum absolute atomic E-state index is 0.0383. The van der Waals surface area contributed by atoms with Crippen molar-refractivity contribution in [2.75, 3.05) is 11.5 Å². The van der Waals surface area contributed by atoms with Crippen LogP contribution < -0.4 is 0 Å². The van der Waals surface area contributed by atoms with E-state index in [1.165, 1.54) is 4.31 Å². The first-order chi connectivity index (χ1) is 11.2. The molecule has 1 aromatic carbocycles. The van der Waals surface area contributed by atoms with Crippen LogP contribution in [0.1, 0.15) is 38.7 Å². The SMILES string of the molecule is CC(C)Cc1ccc(S(=O)(=O)N(C2CC2)[C@@H]2CCS(=O)(=O)C2)cc1. The summed E-state index contributed by atoms with van der Waals surface area (Å²) in [5.74, 6) is 0.553. The molecule has 5 nitrogen and oxygen atoms in total. The molecule has 0 N–H and O–H groups in total. The zero-order chi connectivity index (χ0) is 17.5. The highest BCUT2D eigenvalue weighted by Gasteiger charge is 2.46. The van der Waals surface area contributed by atoms with Crippen LogP contribution in [0.4, 0.5) is 0 Å². The third-order valence-corrected chi connectivity index (χ3v) is 8.39. The Kier molecular flexibility index (Phi) is 4.79. The highest BCUT2D eigenvalue weighted by atomic mass is 32.2. The molecular weight excluding hydrogens is 346 g/mol. The second-order valence-electron chi connectivity index (χ2n) is 7.36. The molecule has 0 unspecified atom stereocenters. The fourth-order valence-corrected chi connectivity index (χ4v) is 7.09. The molecule has 2 fully saturated rings. The monoisotopic (exact) mass is 371 g/mol. The Morgan fingerprint density at radius 1 is 1.08 bits per heavy atom. The molecule has 7 heteroatoms. The molecule has 2 aliphatic rings. The standard InChI is InChI=1S/C17H25NO4S2/c1-13(2)11-14-3-7-17(8-4-14)24(21,22)18(15-5-6-15)16-9-10-23(19,20)12-16/h3-4,7-8,13,15-16H,5-6,9-12H2,1-2H3/t16-/m1/s1. The lowest BCUT2D eigenvalue weighted by atomic mass is 10.0. The van der Waals surface area contributed by atoms with Gasteiger partial charge in [0.05, 0.1) is 16.4 Å². The van der Waals surface area contributed by atoms with Crippen molar-refractivity contribution in [3.8, 4) is 0 Å². The fourth-order valence-electron chi connectivity index (χ4n) is 3.39. The van der Waals surface area contributed by atoms with E-state index in [0.717, 1.165) is 24.8 Å². The third kappa shape index (κ3) is 3.83. The van der Waals surface area contributed by atoms with Gasteiger partial charge in [-0.05, 0) is 49.3 Å². The van der Waals surface area contributed by atoms with Crippen molar-refractivity contribution in [2.45, 2.75) is 56.5 Å². The van der Waals surface area contributed by atoms with Crippen LogP contribution in [0, 0.1) is 5.92 Å². The summed E-state index contributed by atoms with van der Waals surface area (Å²) in [5, 5.41) is 0. The summed E-state index contributed by atoms with van der Waals surface area (Å²) < 4.78 is 51.2. The first kappa shape index (κ1) is 17.9. The first-order valence-corrected chi connectivity index (χ1v) is 11.8. The topological polar surface area (TPSA) is 71.5 Å². The lowest BCUT2D eigenvalue weighted by Gasteiger charge is -2.27. The van der Waals surface area contributed by atoms with E-state index in [4.69, 9.17) is 0 Å². The zero-order valence-electron chi connectivity index (χ0n) is 14.2. The molecule has 1 saturated carbocycles. The van der Waals surface area contributed by atoms with E-state index in [9.17, 15) is 16.8 Å². The van der Waals surface area contributed by atoms with Crippen molar-refractivity contribution in [3.63, 3.8) is 0 Å². The van der Waals surface area contributed by atoms with Crippen LogP contribution in [-0.2, 0) is 26.3 Å². The Morgan fingerprint density at radius 3 is 2.17 bits per heavy atom. The predicted molar refractivity (Wildman–Crippen MR) is 94.1 cm³/mol. The molecule has 1 atom stereocenters. The normalized spacial score (nSPS) is 23.9. The lowest BCUT2D eigenvalue weighted by molar-refractivity contribution is 0.332. The summed E-state index contributed by atoms with van der Waals surface area (Å²) in [6.45, 7) is 4.25. The van der Waals surface area contributed by atoms with E-state index in [1.54, 1.807) is 12.1 Å². The molecule has 1 aliphatic heterocycles. The van der Waals surface area contributed by atoms with Gasteiger partial charge in [-0.1, -0.05) is 26.0 Å². The minimum Gasteiger partial charge on any atom is -0.229 e. The van der Waals surface area contributed by atoms with E-state index in [-0.39, 0.29) is 22.4 Å². The number of nitrogens with zero attached hydrogens (tertiary/aromatic N) is 1. The quantitative estimate of drug-likeness (QED) is 0.769. The summed E-state index contributed by atoms with van der Waals surface area (Å²) in [4.78, 5) is 0.270. The summed E-state index contributed by atoms with van der Waals surface area (Å²) in [5.41, 5.74) is 1.12. The maximum atomic E-state index is 13.1. The second kappa shape index (κ2) is 6.42. The number of hydrogen-bond acceptors (Lipinski definition) is 4. The molecule has 0 radical (unpaired) electrons. The maximum Gasteiger partial charge on any atom is 0.243 e. The van der Waals surface area contributed by atoms with Gasteiger partial charge in [0.1, 0.15) is 0 Å². The van der Waals surface area contributed by atoms with E-state index < -0.39 is 25.9 Å². The van der Waals surface area contributed by atoms with E-state index in [1.807, 2.05) is 12.1 Å². The van der Waals surface area contributed by atoms with Gasteiger partial charge in [0.2, 0.25) is 10.0 Å². The lowest BCUT2D eigenvalue weighted by Crippen LogP contribution is -2.42. The third-order valence-electron chi connectivity index (χ3n) is 4.62. The van der Waals surface area contributed by atoms with Crippen molar-refractivity contribution in [1.82, 2.24) is 4.31 Å². The van der Waals surface area contributed by atoms with Gasteiger partial charge in [-0.25, -0.2) is 16.8 Å². The average Bonchev–Trinajstić information content (AvgIpc) is 3.22. The molecule has 24 heavy (non-hydrogen) atoms. The van der Waals surface area contributed by atoms with Crippen molar-refractivity contribution in [3.05, 3.63) is 29.8 Å². The summed E-state index contributed by atoms with van der Waals surface area (Å²) in [7, 11) is -6.76. The van der Waals surface area contributed by atoms with Crippen LogP contribution in [0.15, 0.2) is 29.2 Å². The molecule has 1 saturated heterocycles. The van der Waals surface area contributed by atoms with Gasteiger partial charge in [0.25, 0.3) is 0 Å². The second-order valence-corrected chi connectivity index (χ2v) is 11.4. The van der Waals surface area contributed by atoms with Gasteiger partial charge in [0.15, 0.2) is 9.84 Å². The van der Waals surface area contributed by atoms with Gasteiger partial charge in [-0.15, -0.1) is 0 Å². The van der Waals surface area contributed by atoms with Crippen molar-refractivity contribution < 1.29 is 16.8 Å². The van der Waals surface area contributed by atoms with Gasteiger partial charge in [-0.3, -0.25) is 0 Å². The zero-order valence-corrected chi connectivity index (χ0v) is 15.8. The summed E-state index contributed by atoms with van der Waals surface area (Å²) in [6.07, 6.45) is 2.96. The van der Waals surface area contributed by atoms with Gasteiger partial charge in [0, 0.05) is 12.1 Å². The Bertz CT molecular complexity index is 793. The van der Waals surface area contributed by atoms with Crippen molar-refractivity contribution in [1.29, 1.82) is 0 Å². The molecule has 1 aromatic rings. The van der Waals surface area contributed by atoms with Crippen molar-refractivity contribution in [2.24, 2.45) is 5.92 Å². The van der Waals surface area contributed by atoms with E-state index in [2.05, 4.69) is 13.8 Å². The number of benzene rings is 1. The number of sulfonamides is 1. The molecule has 134 valence electrons. The molecule has 1 aliphatic carbocycles. The maximum absolute atomic E-state index is 13.1. The molecule has 0 bridgehead atoms. The summed E-state index contributed by atoms with van der Waals surface area (Å²) in [6, 6.07) is 6.59. The Morgan fingerprint density at radius 2 is 1.71 bits per heavy atom. The van der Waals surface area contributed by atoms with Crippen LogP contribution in [0.3, 0.4) is 0 Å². The van der Waals surface area contributed by atoms with Gasteiger partial charge >= 0.3 is 0 Å². The molecule has 0 amide bonds. The van der Waals surface area contributed by atoms with E-state index in [0.29, 0.717) is 12.3 Å². The molecule has 1 heterocycles. The van der Waals surface area contributed by atoms with Crippen LogP contribution in [0.2, 0.25) is 0 Å². The Hall–Kier alpha value is -0.920. The smallest absolute Gasteiger partial charge is 0.229 e. The van der Waals surface area contributed by atoms with Crippen LogP contribution in [0.5, 0.6) is 0 Å². The van der Waals surface area contributed by atoms with Gasteiger partial charge in [-0.2, -0.15) is 4.31 Å². The molecular formula is C17H25NO4S2. The Labute approximate surface area is 145 Å². The average molecular weight is 372 g/mol. The number of hydrogen-bond donors (Lipinski definition) is 0. The number of sulfone groups is 1. The summed E-state index contributed by atoms with van der Waals surface area (Å²) >= 11 is 0. The largest absolute Gasteiger partial charge is 0.243 e. The van der Waals surface area contributed by atoms with Crippen LogP contribution >= 0.6 is 0 Å². The number of rotatable bonds is 6.